The van der Waals surface area contributed by atoms with Crippen molar-refractivity contribution in [3.05, 3.63) is 23.8 Å². The predicted molar refractivity (Wildman–Crippen MR) is 101 cm³/mol. The first-order valence-corrected chi connectivity index (χ1v) is 9.71. The first-order chi connectivity index (χ1) is 13.1. The summed E-state index contributed by atoms with van der Waals surface area (Å²) in [5.41, 5.74) is 0.275. The molecule has 2 fully saturated rings. The van der Waals surface area contributed by atoms with Crippen LogP contribution in [0, 0.1) is 11.3 Å². The van der Waals surface area contributed by atoms with E-state index in [9.17, 15) is 9.59 Å². The van der Waals surface area contributed by atoms with E-state index in [2.05, 4.69) is 5.32 Å². The van der Waals surface area contributed by atoms with Gasteiger partial charge in [0.05, 0.1) is 20.8 Å². The fourth-order valence-electron chi connectivity index (χ4n) is 4.50. The Morgan fingerprint density at radius 1 is 1.19 bits per heavy atom. The Bertz CT molecular complexity index is 704. The monoisotopic (exact) mass is 375 g/mol. The summed E-state index contributed by atoms with van der Waals surface area (Å²) < 4.78 is 15.8. The van der Waals surface area contributed by atoms with Gasteiger partial charge in [0, 0.05) is 12.0 Å². The Kier molecular flexibility index (Phi) is 6.05. The molecule has 1 N–H and O–H groups in total. The average Bonchev–Trinajstić information content (AvgIpc) is 2.89. The molecule has 0 amide bonds. The van der Waals surface area contributed by atoms with Crippen molar-refractivity contribution < 1.29 is 23.8 Å². The maximum atomic E-state index is 12.9. The molecule has 0 spiro atoms. The molecule has 3 atom stereocenters. The third kappa shape index (κ3) is 3.68. The van der Waals surface area contributed by atoms with Crippen LogP contribution in [0.5, 0.6) is 11.5 Å². The minimum atomic E-state index is -0.873. The van der Waals surface area contributed by atoms with Crippen molar-refractivity contribution in [1.29, 1.82) is 0 Å². The van der Waals surface area contributed by atoms with Crippen molar-refractivity contribution in [3.63, 3.8) is 0 Å². The predicted octanol–water partition coefficient (Wildman–Crippen LogP) is 2.53. The summed E-state index contributed by atoms with van der Waals surface area (Å²) in [4.78, 5) is 25.2. The van der Waals surface area contributed by atoms with E-state index in [0.29, 0.717) is 25.2 Å². The lowest BCUT2D eigenvalue weighted by Crippen LogP contribution is -2.50. The smallest absolute Gasteiger partial charge is 0.319 e. The Morgan fingerprint density at radius 2 is 1.93 bits per heavy atom. The third-order valence-corrected chi connectivity index (χ3v) is 5.99. The molecule has 6 heteroatoms. The number of rotatable bonds is 8. The fourth-order valence-corrected chi connectivity index (χ4v) is 4.50. The third-order valence-electron chi connectivity index (χ3n) is 5.99. The molecule has 0 heterocycles. The quantitative estimate of drug-likeness (QED) is 0.556. The molecule has 2 aliphatic rings. The summed E-state index contributed by atoms with van der Waals surface area (Å²) >= 11 is 0. The average molecular weight is 375 g/mol. The molecule has 0 saturated heterocycles. The van der Waals surface area contributed by atoms with E-state index in [4.69, 9.17) is 14.2 Å². The van der Waals surface area contributed by atoms with Crippen molar-refractivity contribution in [3.8, 4) is 11.5 Å². The van der Waals surface area contributed by atoms with Crippen LogP contribution in [-0.4, -0.2) is 45.2 Å². The Morgan fingerprint density at radius 3 is 2.63 bits per heavy atom. The number of benzene rings is 1. The standard InChI is InChI=1S/C21H29NO5/c1-4-27-20(24)21-10-7-15(19(21)23)16(8-11-21)22-12-9-14-5-6-17(25-2)18(13-14)26-3/h5-6,13,15-16,22H,4,7-12H2,1-3H3. The van der Waals surface area contributed by atoms with Crippen LogP contribution >= 0.6 is 0 Å². The normalized spacial score (nSPS) is 26.7. The molecule has 0 aromatic heterocycles. The highest BCUT2D eigenvalue weighted by Crippen LogP contribution is 2.49. The number of methoxy groups -OCH3 is 2. The van der Waals surface area contributed by atoms with E-state index >= 15 is 0 Å². The number of fused-ring (bicyclic) bond motifs is 2. The number of carbonyl (C=O) groups excluding carboxylic acids is 2. The summed E-state index contributed by atoms with van der Waals surface area (Å²) in [5, 5.41) is 3.54. The molecule has 1 aromatic carbocycles. The van der Waals surface area contributed by atoms with Crippen LogP contribution in [0.2, 0.25) is 0 Å². The van der Waals surface area contributed by atoms with Crippen LogP contribution in [0.25, 0.3) is 0 Å². The zero-order chi connectivity index (χ0) is 19.4. The van der Waals surface area contributed by atoms with Gasteiger partial charge in [0.15, 0.2) is 17.3 Å². The van der Waals surface area contributed by atoms with E-state index in [1.54, 1.807) is 21.1 Å². The minimum absolute atomic E-state index is 0.0754. The fraction of sp³-hybridized carbons (Fsp3) is 0.619. The lowest BCUT2D eigenvalue weighted by atomic mass is 9.72. The van der Waals surface area contributed by atoms with Crippen LogP contribution < -0.4 is 14.8 Å². The van der Waals surface area contributed by atoms with Gasteiger partial charge in [-0.2, -0.15) is 0 Å². The van der Waals surface area contributed by atoms with Gasteiger partial charge in [0.1, 0.15) is 5.41 Å². The first-order valence-electron chi connectivity index (χ1n) is 9.71. The summed E-state index contributed by atoms with van der Waals surface area (Å²) in [5.74, 6) is 1.12. The van der Waals surface area contributed by atoms with E-state index in [-0.39, 0.29) is 23.7 Å². The lowest BCUT2D eigenvalue weighted by Gasteiger charge is -2.34. The van der Waals surface area contributed by atoms with E-state index in [1.807, 2.05) is 18.2 Å². The Hall–Kier alpha value is -2.08. The molecule has 3 unspecified atom stereocenters. The molecule has 0 radical (unpaired) electrons. The van der Waals surface area contributed by atoms with Crippen molar-refractivity contribution in [2.24, 2.45) is 11.3 Å². The second-order valence-electron chi connectivity index (χ2n) is 7.35. The van der Waals surface area contributed by atoms with Crippen LogP contribution in [0.1, 0.15) is 38.2 Å². The summed E-state index contributed by atoms with van der Waals surface area (Å²) in [6.45, 7) is 2.88. The van der Waals surface area contributed by atoms with Crippen LogP contribution in [-0.2, 0) is 20.7 Å². The zero-order valence-electron chi connectivity index (χ0n) is 16.4. The largest absolute Gasteiger partial charge is 0.493 e. The van der Waals surface area contributed by atoms with Crippen LogP contribution in [0.3, 0.4) is 0 Å². The van der Waals surface area contributed by atoms with Crippen molar-refractivity contribution >= 4 is 11.8 Å². The number of esters is 1. The maximum Gasteiger partial charge on any atom is 0.319 e. The van der Waals surface area contributed by atoms with Gasteiger partial charge in [0.2, 0.25) is 0 Å². The SMILES string of the molecule is CCOC(=O)C12CCC(NCCc3ccc(OC)c(OC)c3)C(CC1)C2=O. The zero-order valence-corrected chi connectivity index (χ0v) is 16.4. The molecule has 1 aromatic rings. The Balaban J connectivity index is 1.56. The lowest BCUT2D eigenvalue weighted by molar-refractivity contribution is -0.161. The summed E-state index contributed by atoms with van der Waals surface area (Å²) in [7, 11) is 3.25. The van der Waals surface area contributed by atoms with Gasteiger partial charge in [-0.3, -0.25) is 9.59 Å². The summed E-state index contributed by atoms with van der Waals surface area (Å²) in [6, 6.07) is 6.05. The van der Waals surface area contributed by atoms with Gasteiger partial charge in [0.25, 0.3) is 0 Å². The van der Waals surface area contributed by atoms with E-state index < -0.39 is 5.41 Å². The minimum Gasteiger partial charge on any atom is -0.493 e. The Labute approximate surface area is 160 Å². The van der Waals surface area contributed by atoms with E-state index in [1.165, 1.54) is 0 Å². The maximum absolute atomic E-state index is 12.9. The molecular weight excluding hydrogens is 346 g/mol. The van der Waals surface area contributed by atoms with Crippen molar-refractivity contribution in [2.45, 2.75) is 45.1 Å². The van der Waals surface area contributed by atoms with Crippen LogP contribution in [0.4, 0.5) is 0 Å². The number of hydrogen-bond donors (Lipinski definition) is 1. The highest BCUT2D eigenvalue weighted by Gasteiger charge is 2.58. The molecule has 2 saturated carbocycles. The van der Waals surface area contributed by atoms with Crippen molar-refractivity contribution in [1.82, 2.24) is 5.32 Å². The highest BCUT2D eigenvalue weighted by molar-refractivity contribution is 6.07. The van der Waals surface area contributed by atoms with Gasteiger partial charge in [-0.25, -0.2) is 0 Å². The molecule has 2 aliphatic carbocycles. The first kappa shape index (κ1) is 19.7. The molecule has 0 aliphatic heterocycles. The number of Topliss-reactive ketones (excluding diaryl/α,β-unsaturated/α-hetero) is 1. The van der Waals surface area contributed by atoms with Gasteiger partial charge in [-0.1, -0.05) is 6.07 Å². The molecule has 3 rings (SSSR count). The molecule has 27 heavy (non-hydrogen) atoms. The molecule has 6 nitrogen and oxygen atoms in total. The molecule has 148 valence electrons. The van der Waals surface area contributed by atoms with Crippen LogP contribution in [0.15, 0.2) is 18.2 Å². The van der Waals surface area contributed by atoms with E-state index in [0.717, 1.165) is 37.1 Å². The molecular formula is C21H29NO5. The molecule has 2 bridgehead atoms. The number of nitrogens with one attached hydrogen (secondary N) is 1. The van der Waals surface area contributed by atoms with Gasteiger partial charge < -0.3 is 19.5 Å². The van der Waals surface area contributed by atoms with Crippen molar-refractivity contribution in [2.75, 3.05) is 27.4 Å². The second-order valence-corrected chi connectivity index (χ2v) is 7.35. The highest BCUT2D eigenvalue weighted by atomic mass is 16.5. The number of hydrogen-bond acceptors (Lipinski definition) is 6. The topological polar surface area (TPSA) is 73.9 Å². The number of ketones is 1. The van der Waals surface area contributed by atoms with Gasteiger partial charge in [-0.05, 0) is 63.3 Å². The number of ether oxygens (including phenoxy) is 3. The summed E-state index contributed by atoms with van der Waals surface area (Å²) in [6.07, 6.45) is 3.66. The second kappa shape index (κ2) is 8.30. The van der Waals surface area contributed by atoms with Gasteiger partial charge >= 0.3 is 5.97 Å². The number of carbonyl (C=O) groups is 2. The van der Waals surface area contributed by atoms with Gasteiger partial charge in [-0.15, -0.1) is 0 Å².